The van der Waals surface area contributed by atoms with Crippen molar-refractivity contribution in [1.29, 1.82) is 0 Å². The van der Waals surface area contributed by atoms with Crippen molar-refractivity contribution >= 4 is 23.2 Å². The molecule has 0 radical (unpaired) electrons. The highest BCUT2D eigenvalue weighted by Crippen LogP contribution is 2.30. The fraction of sp³-hybridized carbons (Fsp3) is 0.231. The van der Waals surface area contributed by atoms with Gasteiger partial charge < -0.3 is 10.5 Å². The first-order chi connectivity index (χ1) is 9.04. The van der Waals surface area contributed by atoms with Crippen LogP contribution < -0.4 is 10.5 Å². The van der Waals surface area contributed by atoms with Gasteiger partial charge in [-0.1, -0.05) is 23.2 Å². The molecular weight excluding hydrogens is 285 g/mol. The zero-order valence-corrected chi connectivity index (χ0v) is 11.8. The summed E-state index contributed by atoms with van der Waals surface area (Å²) in [5.41, 5.74) is 6.66. The predicted octanol–water partition coefficient (Wildman–Crippen LogP) is 3.47. The van der Waals surface area contributed by atoms with Crippen LogP contribution in [0.25, 0.3) is 0 Å². The van der Waals surface area contributed by atoms with E-state index in [1.807, 2.05) is 6.92 Å². The molecule has 19 heavy (non-hydrogen) atoms. The number of hydrogen-bond donors (Lipinski definition) is 1. The molecular formula is C13H13Cl2N3O. The lowest BCUT2D eigenvalue weighted by Crippen LogP contribution is -2.17. The number of rotatable bonds is 4. The Bertz CT molecular complexity index is 558. The van der Waals surface area contributed by atoms with E-state index >= 15 is 0 Å². The Morgan fingerprint density at radius 3 is 2.58 bits per heavy atom. The highest BCUT2D eigenvalue weighted by atomic mass is 35.5. The van der Waals surface area contributed by atoms with Gasteiger partial charge in [0.25, 0.3) is 0 Å². The molecule has 0 aliphatic carbocycles. The molecule has 0 fully saturated rings. The molecule has 2 N–H and O–H groups in total. The van der Waals surface area contributed by atoms with Crippen molar-refractivity contribution in [2.45, 2.75) is 19.4 Å². The first-order valence-electron chi connectivity index (χ1n) is 5.74. The van der Waals surface area contributed by atoms with E-state index in [9.17, 15) is 0 Å². The van der Waals surface area contributed by atoms with Gasteiger partial charge in [0.2, 0.25) is 0 Å². The second-order valence-corrected chi connectivity index (χ2v) is 5.08. The van der Waals surface area contributed by atoms with Gasteiger partial charge in [-0.25, -0.2) is 9.97 Å². The molecule has 0 amide bonds. The van der Waals surface area contributed by atoms with Gasteiger partial charge in [0.15, 0.2) is 5.75 Å². The summed E-state index contributed by atoms with van der Waals surface area (Å²) in [6.07, 6.45) is 4.09. The van der Waals surface area contributed by atoms with Crippen LogP contribution in [0.3, 0.4) is 0 Å². The van der Waals surface area contributed by atoms with Gasteiger partial charge in [-0.2, -0.15) is 0 Å². The zero-order chi connectivity index (χ0) is 13.8. The van der Waals surface area contributed by atoms with Gasteiger partial charge in [-0.3, -0.25) is 0 Å². The molecule has 0 aliphatic heterocycles. The Morgan fingerprint density at radius 1 is 1.26 bits per heavy atom. The molecule has 100 valence electrons. The van der Waals surface area contributed by atoms with E-state index in [1.54, 1.807) is 30.6 Å². The molecule has 4 nitrogen and oxygen atoms in total. The largest absolute Gasteiger partial charge is 0.423 e. The van der Waals surface area contributed by atoms with Gasteiger partial charge in [-0.15, -0.1) is 0 Å². The van der Waals surface area contributed by atoms with E-state index in [0.717, 1.165) is 12.0 Å². The van der Waals surface area contributed by atoms with Crippen molar-refractivity contribution in [1.82, 2.24) is 9.97 Å². The van der Waals surface area contributed by atoms with Crippen molar-refractivity contribution in [3.8, 4) is 11.8 Å². The predicted molar refractivity (Wildman–Crippen MR) is 75.9 cm³/mol. The minimum Gasteiger partial charge on any atom is -0.423 e. The molecule has 1 heterocycles. The molecule has 2 aromatic rings. The molecule has 0 saturated heterocycles. The Morgan fingerprint density at radius 2 is 1.95 bits per heavy atom. The van der Waals surface area contributed by atoms with Gasteiger partial charge in [-0.05, 0) is 31.0 Å². The minimum absolute atomic E-state index is 0.0674. The lowest BCUT2D eigenvalue weighted by Gasteiger charge is -2.07. The molecule has 6 heteroatoms. The summed E-state index contributed by atoms with van der Waals surface area (Å²) < 4.78 is 5.48. The third-order valence-corrected chi connectivity index (χ3v) is 2.88. The molecule has 1 unspecified atom stereocenters. The summed E-state index contributed by atoms with van der Waals surface area (Å²) in [7, 11) is 0. The number of hydrogen-bond acceptors (Lipinski definition) is 4. The number of benzene rings is 1. The minimum atomic E-state index is 0.0674. The number of ether oxygens (including phenoxy) is 1. The lowest BCUT2D eigenvalue weighted by molar-refractivity contribution is 0.441. The Balaban J connectivity index is 2.13. The summed E-state index contributed by atoms with van der Waals surface area (Å²) in [6.45, 7) is 1.93. The highest BCUT2D eigenvalue weighted by Gasteiger charge is 2.07. The van der Waals surface area contributed by atoms with Crippen LogP contribution in [0.1, 0.15) is 12.5 Å². The fourth-order valence-electron chi connectivity index (χ4n) is 1.53. The monoisotopic (exact) mass is 297 g/mol. The zero-order valence-electron chi connectivity index (χ0n) is 10.3. The summed E-state index contributed by atoms with van der Waals surface area (Å²) >= 11 is 11.9. The van der Waals surface area contributed by atoms with Crippen LogP contribution >= 0.6 is 23.2 Å². The number of nitrogens with two attached hydrogens (primary N) is 1. The summed E-state index contributed by atoms with van der Waals surface area (Å²) in [4.78, 5) is 8.21. The molecule has 1 aromatic carbocycles. The van der Waals surface area contributed by atoms with Crippen LogP contribution in [0.4, 0.5) is 0 Å². The number of halogens is 2. The fourth-order valence-corrected chi connectivity index (χ4v) is 1.84. The summed E-state index contributed by atoms with van der Waals surface area (Å²) in [5.74, 6) is 0.425. The van der Waals surface area contributed by atoms with E-state index < -0.39 is 0 Å². The van der Waals surface area contributed by atoms with Crippen LogP contribution in [0.2, 0.25) is 10.0 Å². The molecule has 0 bridgehead atoms. The maximum atomic E-state index is 5.99. The summed E-state index contributed by atoms with van der Waals surface area (Å²) in [6, 6.07) is 5.24. The first kappa shape index (κ1) is 14.1. The van der Waals surface area contributed by atoms with E-state index in [4.69, 9.17) is 33.7 Å². The van der Waals surface area contributed by atoms with E-state index in [-0.39, 0.29) is 12.1 Å². The maximum absolute atomic E-state index is 5.99. The second-order valence-electron chi connectivity index (χ2n) is 4.23. The Hall–Kier alpha value is -1.36. The van der Waals surface area contributed by atoms with Crippen LogP contribution in [0, 0.1) is 0 Å². The third-order valence-electron chi connectivity index (χ3n) is 2.33. The van der Waals surface area contributed by atoms with Crippen molar-refractivity contribution in [2.24, 2.45) is 5.73 Å². The lowest BCUT2D eigenvalue weighted by atomic mass is 10.1. The van der Waals surface area contributed by atoms with Gasteiger partial charge in [0.1, 0.15) is 0 Å². The highest BCUT2D eigenvalue weighted by molar-refractivity contribution is 6.34. The molecule has 0 spiro atoms. The Kier molecular flexibility index (Phi) is 4.58. The quantitative estimate of drug-likeness (QED) is 0.939. The summed E-state index contributed by atoms with van der Waals surface area (Å²) in [5, 5.41) is 0.987. The molecule has 1 atom stereocenters. The van der Waals surface area contributed by atoms with Crippen molar-refractivity contribution in [3.05, 3.63) is 46.2 Å². The van der Waals surface area contributed by atoms with Gasteiger partial charge in [0, 0.05) is 29.5 Å². The van der Waals surface area contributed by atoms with Crippen LogP contribution in [0.5, 0.6) is 11.8 Å². The van der Waals surface area contributed by atoms with E-state index in [2.05, 4.69) is 9.97 Å². The smallest absolute Gasteiger partial charge is 0.321 e. The average molecular weight is 298 g/mol. The topological polar surface area (TPSA) is 61.0 Å². The van der Waals surface area contributed by atoms with E-state index in [1.165, 1.54) is 0 Å². The number of nitrogens with zero attached hydrogens (tertiary/aromatic N) is 2. The molecule has 2 rings (SSSR count). The number of aromatic nitrogens is 2. The van der Waals surface area contributed by atoms with Gasteiger partial charge in [0.05, 0.1) is 5.02 Å². The van der Waals surface area contributed by atoms with Crippen LogP contribution in [-0.2, 0) is 6.42 Å². The van der Waals surface area contributed by atoms with Crippen LogP contribution in [-0.4, -0.2) is 16.0 Å². The van der Waals surface area contributed by atoms with Crippen molar-refractivity contribution < 1.29 is 4.74 Å². The average Bonchev–Trinajstić information content (AvgIpc) is 2.35. The van der Waals surface area contributed by atoms with Crippen molar-refractivity contribution in [2.75, 3.05) is 0 Å². The maximum Gasteiger partial charge on any atom is 0.321 e. The van der Waals surface area contributed by atoms with Crippen LogP contribution in [0.15, 0.2) is 30.6 Å². The SMILES string of the molecule is CC(N)Cc1cnc(Oc2cc(Cl)ccc2Cl)nc1. The Labute approximate surface area is 121 Å². The van der Waals surface area contributed by atoms with Crippen molar-refractivity contribution in [3.63, 3.8) is 0 Å². The van der Waals surface area contributed by atoms with Gasteiger partial charge >= 0.3 is 6.01 Å². The molecule has 0 aliphatic rings. The molecule has 1 aromatic heterocycles. The first-order valence-corrected chi connectivity index (χ1v) is 6.49. The third kappa shape index (κ3) is 4.06. The second kappa shape index (κ2) is 6.19. The molecule has 0 saturated carbocycles. The standard InChI is InChI=1S/C13H13Cl2N3O/c1-8(16)4-9-6-17-13(18-7-9)19-12-5-10(14)2-3-11(12)15/h2-3,5-8H,4,16H2,1H3. The van der Waals surface area contributed by atoms with E-state index in [0.29, 0.717) is 15.8 Å². The normalized spacial score (nSPS) is 12.2.